The Balaban J connectivity index is 1.37. The monoisotopic (exact) mass is 352 g/mol. The van der Waals surface area contributed by atoms with E-state index in [1.54, 1.807) is 6.20 Å². The fourth-order valence-corrected chi connectivity index (χ4v) is 4.29. The van der Waals surface area contributed by atoms with Gasteiger partial charge in [-0.15, -0.1) is 0 Å². The lowest BCUT2D eigenvalue weighted by atomic mass is 9.99. The van der Waals surface area contributed by atoms with Gasteiger partial charge in [-0.05, 0) is 76.0 Å². The van der Waals surface area contributed by atoms with Crippen LogP contribution in [0.5, 0.6) is 0 Å². The number of aromatic nitrogens is 2. The van der Waals surface area contributed by atoms with Crippen molar-refractivity contribution in [3.63, 3.8) is 0 Å². The molecule has 3 heterocycles. The molecule has 2 aliphatic rings. The first kappa shape index (κ1) is 17.3. The Hall–Kier alpha value is -2.14. The lowest BCUT2D eigenvalue weighted by molar-refractivity contribution is 0.0590. The summed E-state index contributed by atoms with van der Waals surface area (Å²) in [6, 6.07) is 10.5. The van der Waals surface area contributed by atoms with Crippen molar-refractivity contribution in [3.05, 3.63) is 47.8 Å². The number of piperidine rings is 2. The van der Waals surface area contributed by atoms with Crippen LogP contribution >= 0.6 is 0 Å². The highest BCUT2D eigenvalue weighted by Crippen LogP contribution is 2.22. The molecule has 26 heavy (non-hydrogen) atoms. The van der Waals surface area contributed by atoms with Crippen LogP contribution in [-0.2, 0) is 0 Å². The molecule has 138 valence electrons. The molecule has 1 aromatic carbocycles. The van der Waals surface area contributed by atoms with E-state index >= 15 is 0 Å². The third kappa shape index (κ3) is 3.54. The first-order chi connectivity index (χ1) is 12.7. The van der Waals surface area contributed by atoms with Gasteiger partial charge in [-0.25, -0.2) is 4.68 Å². The number of nitrogens with zero attached hydrogens (tertiary/aromatic N) is 4. The van der Waals surface area contributed by atoms with Crippen molar-refractivity contribution in [1.82, 2.24) is 19.6 Å². The largest absolute Gasteiger partial charge is 0.339 e. The summed E-state index contributed by atoms with van der Waals surface area (Å²) < 4.78 is 1.89. The maximum atomic E-state index is 12.8. The number of carbonyl (C=O) groups is 1. The highest BCUT2D eigenvalue weighted by molar-refractivity contribution is 5.94. The van der Waals surface area contributed by atoms with E-state index in [9.17, 15) is 4.79 Å². The van der Waals surface area contributed by atoms with E-state index in [0.29, 0.717) is 6.04 Å². The van der Waals surface area contributed by atoms with E-state index in [2.05, 4.69) is 10.00 Å². The van der Waals surface area contributed by atoms with Gasteiger partial charge in [-0.2, -0.15) is 5.10 Å². The quantitative estimate of drug-likeness (QED) is 0.851. The van der Waals surface area contributed by atoms with Gasteiger partial charge in [-0.3, -0.25) is 4.79 Å². The molecule has 0 saturated carbocycles. The molecule has 0 bridgehead atoms. The molecule has 1 amide bonds. The summed E-state index contributed by atoms with van der Waals surface area (Å²) >= 11 is 0. The van der Waals surface area contributed by atoms with Crippen LogP contribution in [0.2, 0.25) is 0 Å². The van der Waals surface area contributed by atoms with Gasteiger partial charge in [0.15, 0.2) is 0 Å². The lowest BCUT2D eigenvalue weighted by Crippen LogP contribution is -2.48. The first-order valence-corrected chi connectivity index (χ1v) is 9.87. The summed E-state index contributed by atoms with van der Waals surface area (Å²) in [6.07, 6.45) is 8.05. The molecule has 2 saturated heterocycles. The molecule has 0 spiro atoms. The second-order valence-corrected chi connectivity index (χ2v) is 7.55. The molecule has 2 aromatic rings. The zero-order valence-corrected chi connectivity index (χ0v) is 15.6. The molecule has 0 unspecified atom stereocenters. The van der Waals surface area contributed by atoms with Crippen molar-refractivity contribution in [2.45, 2.75) is 45.1 Å². The number of benzene rings is 1. The molecule has 4 rings (SSSR count). The Labute approximate surface area is 155 Å². The SMILES string of the molecule is Cc1ccnn1-c1ccc(C(=O)N2CCC(N3CCCCC3)CC2)cc1. The molecule has 1 aromatic heterocycles. The van der Waals surface area contributed by atoms with E-state index in [4.69, 9.17) is 0 Å². The second-order valence-electron chi connectivity index (χ2n) is 7.55. The van der Waals surface area contributed by atoms with Crippen molar-refractivity contribution in [2.24, 2.45) is 0 Å². The highest BCUT2D eigenvalue weighted by atomic mass is 16.2. The summed E-state index contributed by atoms with van der Waals surface area (Å²) in [6.45, 7) is 6.26. The minimum atomic E-state index is 0.158. The van der Waals surface area contributed by atoms with Crippen LogP contribution in [0.4, 0.5) is 0 Å². The number of hydrogen-bond acceptors (Lipinski definition) is 3. The molecule has 5 nitrogen and oxygen atoms in total. The van der Waals surface area contributed by atoms with Crippen LogP contribution in [0.3, 0.4) is 0 Å². The van der Waals surface area contributed by atoms with Crippen molar-refractivity contribution in [1.29, 1.82) is 0 Å². The number of rotatable bonds is 3. The van der Waals surface area contributed by atoms with E-state index in [-0.39, 0.29) is 5.91 Å². The molecule has 2 aliphatic heterocycles. The van der Waals surface area contributed by atoms with Crippen LogP contribution in [-0.4, -0.2) is 57.7 Å². The topological polar surface area (TPSA) is 41.4 Å². The third-order valence-electron chi connectivity index (χ3n) is 5.85. The number of likely N-dealkylation sites (tertiary alicyclic amines) is 2. The van der Waals surface area contributed by atoms with Gasteiger partial charge in [0.2, 0.25) is 0 Å². The third-order valence-corrected chi connectivity index (χ3v) is 5.85. The van der Waals surface area contributed by atoms with Crippen LogP contribution in [0.15, 0.2) is 36.5 Å². The number of carbonyl (C=O) groups excluding carboxylic acids is 1. The maximum absolute atomic E-state index is 12.8. The fourth-order valence-electron chi connectivity index (χ4n) is 4.29. The summed E-state index contributed by atoms with van der Waals surface area (Å²) in [5.41, 5.74) is 2.85. The molecule has 5 heteroatoms. The Morgan fingerprint density at radius 1 is 0.962 bits per heavy atom. The Kier molecular flexibility index (Phi) is 5.07. The van der Waals surface area contributed by atoms with Gasteiger partial charge in [-0.1, -0.05) is 6.42 Å². The van der Waals surface area contributed by atoms with Crippen molar-refractivity contribution < 1.29 is 4.79 Å². The summed E-state index contributed by atoms with van der Waals surface area (Å²) in [4.78, 5) is 17.5. The van der Waals surface area contributed by atoms with Crippen LogP contribution in [0, 0.1) is 6.92 Å². The van der Waals surface area contributed by atoms with E-state index in [0.717, 1.165) is 42.9 Å². The lowest BCUT2D eigenvalue weighted by Gasteiger charge is -2.40. The Bertz CT molecular complexity index is 738. The van der Waals surface area contributed by atoms with Crippen LogP contribution in [0.25, 0.3) is 5.69 Å². The Morgan fingerprint density at radius 2 is 1.65 bits per heavy atom. The molecule has 0 atom stereocenters. The zero-order valence-electron chi connectivity index (χ0n) is 15.6. The Morgan fingerprint density at radius 3 is 2.27 bits per heavy atom. The predicted molar refractivity (Wildman–Crippen MR) is 103 cm³/mol. The molecule has 0 aliphatic carbocycles. The fraction of sp³-hybridized carbons (Fsp3) is 0.524. The summed E-state index contributed by atoms with van der Waals surface area (Å²) in [5, 5.41) is 4.32. The average Bonchev–Trinajstić information content (AvgIpc) is 3.14. The molecule has 0 radical (unpaired) electrons. The summed E-state index contributed by atoms with van der Waals surface area (Å²) in [5.74, 6) is 0.158. The van der Waals surface area contributed by atoms with E-state index in [1.807, 2.05) is 46.8 Å². The molecular formula is C21H28N4O. The second kappa shape index (κ2) is 7.62. The van der Waals surface area contributed by atoms with Gasteiger partial charge in [0, 0.05) is 36.6 Å². The standard InChI is InChI=1S/C21H28N4O/c1-17-9-12-22-25(17)20-7-5-18(6-8-20)21(26)24-15-10-19(11-16-24)23-13-3-2-4-14-23/h5-9,12,19H,2-4,10-11,13-16H2,1H3. The minimum Gasteiger partial charge on any atom is -0.339 e. The number of aryl methyl sites for hydroxylation is 1. The van der Waals surface area contributed by atoms with Crippen LogP contribution < -0.4 is 0 Å². The summed E-state index contributed by atoms with van der Waals surface area (Å²) in [7, 11) is 0. The highest BCUT2D eigenvalue weighted by Gasteiger charge is 2.28. The van der Waals surface area contributed by atoms with Crippen molar-refractivity contribution >= 4 is 5.91 Å². The van der Waals surface area contributed by atoms with Gasteiger partial charge in [0.05, 0.1) is 5.69 Å². The number of hydrogen-bond donors (Lipinski definition) is 0. The van der Waals surface area contributed by atoms with E-state index in [1.165, 1.54) is 32.4 Å². The van der Waals surface area contributed by atoms with E-state index < -0.39 is 0 Å². The van der Waals surface area contributed by atoms with Gasteiger partial charge in [0.25, 0.3) is 5.91 Å². The molecule has 2 fully saturated rings. The van der Waals surface area contributed by atoms with Gasteiger partial charge >= 0.3 is 0 Å². The smallest absolute Gasteiger partial charge is 0.253 e. The van der Waals surface area contributed by atoms with Crippen LogP contribution in [0.1, 0.15) is 48.2 Å². The first-order valence-electron chi connectivity index (χ1n) is 9.87. The molecular weight excluding hydrogens is 324 g/mol. The predicted octanol–water partition coefficient (Wildman–Crippen LogP) is 3.27. The van der Waals surface area contributed by atoms with Crippen molar-refractivity contribution in [2.75, 3.05) is 26.2 Å². The number of amides is 1. The maximum Gasteiger partial charge on any atom is 0.253 e. The normalized spacial score (nSPS) is 19.7. The zero-order chi connectivity index (χ0) is 17.9. The minimum absolute atomic E-state index is 0.158. The van der Waals surface area contributed by atoms with Crippen molar-refractivity contribution in [3.8, 4) is 5.69 Å². The average molecular weight is 352 g/mol. The van der Waals surface area contributed by atoms with Gasteiger partial charge < -0.3 is 9.80 Å². The molecule has 0 N–H and O–H groups in total. The van der Waals surface area contributed by atoms with Gasteiger partial charge in [0.1, 0.15) is 0 Å².